The van der Waals surface area contributed by atoms with E-state index in [9.17, 15) is 8.42 Å². The van der Waals surface area contributed by atoms with Gasteiger partial charge >= 0.3 is 0 Å². The molecule has 0 bridgehead atoms. The minimum Gasteiger partial charge on any atom is -0.396 e. The molecule has 1 unspecified atom stereocenters. The van der Waals surface area contributed by atoms with Gasteiger partial charge < -0.3 is 10.4 Å². The van der Waals surface area contributed by atoms with Crippen LogP contribution in [0.5, 0.6) is 0 Å². The first-order chi connectivity index (χ1) is 6.37. The van der Waals surface area contributed by atoms with E-state index in [1.165, 1.54) is 6.26 Å². The minimum absolute atomic E-state index is 0.134. The van der Waals surface area contributed by atoms with Crippen LogP contribution in [0.1, 0.15) is 20.3 Å². The zero-order valence-electron chi connectivity index (χ0n) is 9.16. The fourth-order valence-electron chi connectivity index (χ4n) is 1.24. The molecule has 0 aromatic heterocycles. The molecule has 0 fully saturated rings. The lowest BCUT2D eigenvalue weighted by molar-refractivity contribution is 0.246. The summed E-state index contributed by atoms with van der Waals surface area (Å²) >= 11 is 0. The molecule has 2 N–H and O–H groups in total. The van der Waals surface area contributed by atoms with Crippen LogP contribution in [0.3, 0.4) is 0 Å². The Morgan fingerprint density at radius 2 is 1.93 bits per heavy atom. The second-order valence-corrected chi connectivity index (χ2v) is 6.21. The SMILES string of the molecule is CC(C)C(CCO)NCCS(C)(=O)=O. The fourth-order valence-corrected chi connectivity index (χ4v) is 1.73. The van der Waals surface area contributed by atoms with E-state index < -0.39 is 9.84 Å². The van der Waals surface area contributed by atoms with Crippen LogP contribution in [-0.2, 0) is 9.84 Å². The van der Waals surface area contributed by atoms with Gasteiger partial charge in [0.1, 0.15) is 9.84 Å². The molecule has 0 aromatic rings. The molecule has 14 heavy (non-hydrogen) atoms. The van der Waals surface area contributed by atoms with Gasteiger partial charge in [0, 0.05) is 25.4 Å². The van der Waals surface area contributed by atoms with Crippen LogP contribution in [0.4, 0.5) is 0 Å². The third-order valence-electron chi connectivity index (χ3n) is 2.12. The predicted molar refractivity (Wildman–Crippen MR) is 58.0 cm³/mol. The number of hydrogen-bond donors (Lipinski definition) is 2. The summed E-state index contributed by atoms with van der Waals surface area (Å²) in [6, 6.07) is 0.196. The maximum absolute atomic E-state index is 10.9. The van der Waals surface area contributed by atoms with E-state index in [0.29, 0.717) is 18.9 Å². The predicted octanol–water partition coefficient (Wildman–Crippen LogP) is 0.0276. The lowest BCUT2D eigenvalue weighted by Crippen LogP contribution is -2.37. The monoisotopic (exact) mass is 223 g/mol. The van der Waals surface area contributed by atoms with Crippen molar-refractivity contribution in [1.82, 2.24) is 5.32 Å². The Morgan fingerprint density at radius 1 is 1.36 bits per heavy atom. The van der Waals surface area contributed by atoms with Gasteiger partial charge in [0.15, 0.2) is 0 Å². The molecule has 0 aliphatic carbocycles. The highest BCUT2D eigenvalue weighted by Gasteiger charge is 2.12. The van der Waals surface area contributed by atoms with Crippen molar-refractivity contribution < 1.29 is 13.5 Å². The van der Waals surface area contributed by atoms with Gasteiger partial charge in [-0.25, -0.2) is 8.42 Å². The Kier molecular flexibility index (Phi) is 6.31. The first-order valence-electron chi connectivity index (χ1n) is 4.88. The molecule has 0 aliphatic heterocycles. The zero-order valence-corrected chi connectivity index (χ0v) is 9.97. The van der Waals surface area contributed by atoms with Crippen LogP contribution in [0.15, 0.2) is 0 Å². The number of aliphatic hydroxyl groups is 1. The normalized spacial score (nSPS) is 14.6. The van der Waals surface area contributed by atoms with Gasteiger partial charge in [-0.2, -0.15) is 0 Å². The van der Waals surface area contributed by atoms with Gasteiger partial charge in [-0.05, 0) is 12.3 Å². The number of aliphatic hydroxyl groups excluding tert-OH is 1. The first-order valence-corrected chi connectivity index (χ1v) is 6.95. The van der Waals surface area contributed by atoms with Crippen LogP contribution in [-0.4, -0.2) is 44.7 Å². The molecule has 0 amide bonds. The summed E-state index contributed by atoms with van der Waals surface area (Å²) in [5.74, 6) is 0.559. The molecule has 0 heterocycles. The molecule has 86 valence electrons. The average molecular weight is 223 g/mol. The minimum atomic E-state index is -2.89. The van der Waals surface area contributed by atoms with E-state index >= 15 is 0 Å². The standard InChI is InChI=1S/C9H21NO3S/c1-8(2)9(4-6-11)10-5-7-14(3,12)13/h8-11H,4-7H2,1-3H3. The highest BCUT2D eigenvalue weighted by Crippen LogP contribution is 2.04. The van der Waals surface area contributed by atoms with Gasteiger partial charge in [0.05, 0.1) is 5.75 Å². The zero-order chi connectivity index (χ0) is 11.2. The number of rotatable bonds is 7. The van der Waals surface area contributed by atoms with Crippen LogP contribution < -0.4 is 5.32 Å². The summed E-state index contributed by atoms with van der Waals surface area (Å²) in [5.41, 5.74) is 0. The summed E-state index contributed by atoms with van der Waals surface area (Å²) in [6.07, 6.45) is 1.90. The molecule has 0 aliphatic rings. The summed E-state index contributed by atoms with van der Waals surface area (Å²) in [5, 5.41) is 11.9. The van der Waals surface area contributed by atoms with Gasteiger partial charge in [-0.15, -0.1) is 0 Å². The van der Waals surface area contributed by atoms with Crippen molar-refractivity contribution >= 4 is 9.84 Å². The summed E-state index contributed by atoms with van der Waals surface area (Å²) in [6.45, 7) is 4.69. The molecule has 0 rings (SSSR count). The first kappa shape index (κ1) is 13.9. The summed E-state index contributed by atoms with van der Waals surface area (Å²) in [4.78, 5) is 0. The van der Waals surface area contributed by atoms with E-state index in [-0.39, 0.29) is 18.4 Å². The topological polar surface area (TPSA) is 66.4 Å². The molecule has 5 heteroatoms. The smallest absolute Gasteiger partial charge is 0.148 e. The van der Waals surface area contributed by atoms with Gasteiger partial charge in [-0.1, -0.05) is 13.8 Å². The van der Waals surface area contributed by atoms with Crippen molar-refractivity contribution in [3.05, 3.63) is 0 Å². The van der Waals surface area contributed by atoms with E-state index in [1.54, 1.807) is 0 Å². The highest BCUT2D eigenvalue weighted by molar-refractivity contribution is 7.90. The van der Waals surface area contributed by atoms with E-state index in [2.05, 4.69) is 5.32 Å². The van der Waals surface area contributed by atoms with Gasteiger partial charge in [-0.3, -0.25) is 0 Å². The molecule has 0 aromatic carbocycles. The lowest BCUT2D eigenvalue weighted by atomic mass is 10.0. The van der Waals surface area contributed by atoms with Crippen LogP contribution in [0.25, 0.3) is 0 Å². The van der Waals surface area contributed by atoms with Crippen LogP contribution in [0, 0.1) is 5.92 Å². The molecule has 0 saturated carbocycles. The largest absolute Gasteiger partial charge is 0.396 e. The summed E-state index contributed by atoms with van der Waals surface area (Å²) in [7, 11) is -2.89. The van der Waals surface area contributed by atoms with Gasteiger partial charge in [0.25, 0.3) is 0 Å². The molecule has 0 saturated heterocycles. The van der Waals surface area contributed by atoms with Crippen molar-refractivity contribution in [2.45, 2.75) is 26.3 Å². The Morgan fingerprint density at radius 3 is 2.29 bits per heavy atom. The molecule has 0 radical (unpaired) electrons. The van der Waals surface area contributed by atoms with E-state index in [0.717, 1.165) is 0 Å². The maximum Gasteiger partial charge on any atom is 0.148 e. The Hall–Kier alpha value is -0.130. The Bertz CT molecular complexity index is 236. The van der Waals surface area contributed by atoms with Crippen LogP contribution in [0.2, 0.25) is 0 Å². The second kappa shape index (κ2) is 6.37. The number of nitrogens with one attached hydrogen (secondary N) is 1. The molecular weight excluding hydrogens is 202 g/mol. The maximum atomic E-state index is 10.9. The molecule has 4 nitrogen and oxygen atoms in total. The average Bonchev–Trinajstić information content (AvgIpc) is 2.00. The van der Waals surface area contributed by atoms with E-state index in [1.807, 2.05) is 13.8 Å². The van der Waals surface area contributed by atoms with Crippen molar-refractivity contribution in [2.75, 3.05) is 25.2 Å². The van der Waals surface area contributed by atoms with Crippen molar-refractivity contribution in [3.8, 4) is 0 Å². The summed E-state index contributed by atoms with van der Waals surface area (Å²) < 4.78 is 21.7. The van der Waals surface area contributed by atoms with Crippen molar-refractivity contribution in [3.63, 3.8) is 0 Å². The molecule has 1 atom stereocenters. The lowest BCUT2D eigenvalue weighted by Gasteiger charge is -2.21. The quantitative estimate of drug-likeness (QED) is 0.639. The molecular formula is C9H21NO3S. The fraction of sp³-hybridized carbons (Fsp3) is 1.00. The van der Waals surface area contributed by atoms with Crippen molar-refractivity contribution in [1.29, 1.82) is 0 Å². The van der Waals surface area contributed by atoms with Crippen LogP contribution >= 0.6 is 0 Å². The second-order valence-electron chi connectivity index (χ2n) is 3.95. The van der Waals surface area contributed by atoms with Gasteiger partial charge in [0.2, 0.25) is 0 Å². The number of hydrogen-bond acceptors (Lipinski definition) is 4. The Balaban J connectivity index is 3.83. The third-order valence-corrected chi connectivity index (χ3v) is 3.07. The third kappa shape index (κ3) is 7.29. The molecule has 0 spiro atoms. The van der Waals surface area contributed by atoms with E-state index in [4.69, 9.17) is 5.11 Å². The Labute approximate surface area is 86.6 Å². The highest BCUT2D eigenvalue weighted by atomic mass is 32.2. The van der Waals surface area contributed by atoms with Crippen molar-refractivity contribution in [2.24, 2.45) is 5.92 Å². The number of sulfone groups is 1.